The van der Waals surface area contributed by atoms with Crippen molar-refractivity contribution in [3.05, 3.63) is 75.3 Å². The number of carbonyl (C=O) groups is 2. The average Bonchev–Trinajstić information content (AvgIpc) is 3.10. The first-order valence-electron chi connectivity index (χ1n) is 11.8. The molecule has 3 atom stereocenters. The molecule has 0 aromatic heterocycles. The Bertz CT molecular complexity index is 1200. The number of nitrogens with one attached hydrogen (secondary N) is 1. The number of ketones is 1. The van der Waals surface area contributed by atoms with Gasteiger partial charge in [-0.05, 0) is 67.1 Å². The van der Waals surface area contributed by atoms with Crippen molar-refractivity contribution in [3.63, 3.8) is 0 Å². The largest absolute Gasteiger partial charge is 0.466 e. The molecule has 2 aromatic rings. The average molecular weight is 568 g/mol. The number of benzene rings is 2. The SMILES string of the molecule is CCOC(=O)CC1CC2(CCNC(F)(C(=O)/C=C/c3ccccc3C(F)(F)F)C2)c2c(Br)cccc21. The number of esters is 1. The molecular weight excluding hydrogens is 542 g/mol. The monoisotopic (exact) mass is 567 g/mol. The lowest BCUT2D eigenvalue weighted by Crippen LogP contribution is -2.57. The molecule has 192 valence electrons. The molecule has 1 aliphatic heterocycles. The van der Waals surface area contributed by atoms with E-state index in [1.807, 2.05) is 18.2 Å². The van der Waals surface area contributed by atoms with Crippen LogP contribution in [-0.4, -0.2) is 30.7 Å². The van der Waals surface area contributed by atoms with Crippen molar-refractivity contribution >= 4 is 33.8 Å². The first-order valence-corrected chi connectivity index (χ1v) is 12.6. The van der Waals surface area contributed by atoms with Gasteiger partial charge in [0.05, 0.1) is 18.6 Å². The number of carbonyl (C=O) groups excluding carboxylic acids is 2. The van der Waals surface area contributed by atoms with E-state index in [2.05, 4.69) is 21.2 Å². The Kier molecular flexibility index (Phi) is 7.44. The smallest absolute Gasteiger partial charge is 0.416 e. The standard InChI is InChI=1S/C27H26BrF4NO3/c1-2-36-23(35)14-18-15-25(24-19(18)7-5-9-21(24)28)12-13-33-26(29,16-25)22(34)11-10-17-6-3-4-8-20(17)27(30,31)32/h3-11,18,33H,2,12-16H2,1H3/b11-10+. The lowest BCUT2D eigenvalue weighted by molar-refractivity contribution is -0.143. The van der Waals surface area contributed by atoms with Gasteiger partial charge in [-0.15, -0.1) is 0 Å². The van der Waals surface area contributed by atoms with Crippen LogP contribution in [0.3, 0.4) is 0 Å². The molecule has 2 aromatic carbocycles. The fraction of sp³-hybridized carbons (Fsp3) is 0.407. The van der Waals surface area contributed by atoms with Crippen molar-refractivity contribution in [2.45, 2.75) is 55.9 Å². The molecule has 1 saturated heterocycles. The van der Waals surface area contributed by atoms with E-state index in [9.17, 15) is 22.8 Å². The maximum atomic E-state index is 16.2. The molecule has 0 saturated carbocycles. The Balaban J connectivity index is 1.63. The molecule has 9 heteroatoms. The molecule has 4 nitrogen and oxygen atoms in total. The summed E-state index contributed by atoms with van der Waals surface area (Å²) in [7, 11) is 0. The number of fused-ring (bicyclic) bond motifs is 2. The van der Waals surface area contributed by atoms with E-state index < -0.39 is 28.7 Å². The highest BCUT2D eigenvalue weighted by atomic mass is 79.9. The molecule has 0 bridgehead atoms. The van der Waals surface area contributed by atoms with Gasteiger partial charge in [0.25, 0.3) is 0 Å². The van der Waals surface area contributed by atoms with Crippen LogP contribution in [0.5, 0.6) is 0 Å². The number of alkyl halides is 4. The van der Waals surface area contributed by atoms with Crippen LogP contribution in [0.4, 0.5) is 17.6 Å². The van der Waals surface area contributed by atoms with Crippen LogP contribution in [0, 0.1) is 0 Å². The van der Waals surface area contributed by atoms with E-state index in [1.54, 1.807) is 6.92 Å². The third-order valence-corrected chi connectivity index (χ3v) is 7.69. The molecule has 0 amide bonds. The predicted molar refractivity (Wildman–Crippen MR) is 131 cm³/mol. The van der Waals surface area contributed by atoms with E-state index >= 15 is 4.39 Å². The molecule has 0 radical (unpaired) electrons. The van der Waals surface area contributed by atoms with E-state index in [0.717, 1.165) is 33.8 Å². The first kappa shape index (κ1) is 26.5. The summed E-state index contributed by atoms with van der Waals surface area (Å²) in [6, 6.07) is 10.5. The topological polar surface area (TPSA) is 55.4 Å². The molecule has 1 spiro atoms. The summed E-state index contributed by atoms with van der Waals surface area (Å²) in [5.74, 6) is -3.94. The third-order valence-electron chi connectivity index (χ3n) is 7.03. The van der Waals surface area contributed by atoms with Gasteiger partial charge in [0.1, 0.15) is 0 Å². The second-order valence-corrected chi connectivity index (χ2v) is 10.2. The molecule has 1 N–H and O–H groups in total. The fourth-order valence-corrected chi connectivity index (χ4v) is 6.41. The van der Waals surface area contributed by atoms with Gasteiger partial charge in [-0.25, -0.2) is 4.39 Å². The normalized spacial score (nSPS) is 25.8. The van der Waals surface area contributed by atoms with Crippen LogP contribution in [0.2, 0.25) is 0 Å². The molecule has 1 fully saturated rings. The first-order chi connectivity index (χ1) is 17.0. The second kappa shape index (κ2) is 10.1. The Morgan fingerprint density at radius 2 is 1.94 bits per heavy atom. The van der Waals surface area contributed by atoms with Gasteiger partial charge in [-0.2, -0.15) is 13.2 Å². The van der Waals surface area contributed by atoms with Crippen molar-refractivity contribution < 1.29 is 31.9 Å². The van der Waals surface area contributed by atoms with Gasteiger partial charge in [0, 0.05) is 16.3 Å². The van der Waals surface area contributed by atoms with E-state index in [-0.39, 0.29) is 43.4 Å². The van der Waals surface area contributed by atoms with Crippen molar-refractivity contribution in [1.29, 1.82) is 0 Å². The van der Waals surface area contributed by atoms with Gasteiger partial charge in [0.15, 0.2) is 0 Å². The minimum atomic E-state index is -4.60. The number of ether oxygens (including phenoxy) is 1. The van der Waals surface area contributed by atoms with E-state index in [4.69, 9.17) is 4.74 Å². The Hall–Kier alpha value is -2.52. The zero-order valence-electron chi connectivity index (χ0n) is 19.6. The van der Waals surface area contributed by atoms with Crippen LogP contribution in [0.15, 0.2) is 53.0 Å². The van der Waals surface area contributed by atoms with Gasteiger partial charge >= 0.3 is 12.1 Å². The number of hydrogen-bond donors (Lipinski definition) is 1. The summed E-state index contributed by atoms with van der Waals surface area (Å²) >= 11 is 3.58. The number of halogens is 5. The Labute approximate surface area is 215 Å². The zero-order chi connectivity index (χ0) is 26.1. The second-order valence-electron chi connectivity index (χ2n) is 9.33. The summed E-state index contributed by atoms with van der Waals surface area (Å²) in [6.45, 7) is 2.19. The highest BCUT2D eigenvalue weighted by molar-refractivity contribution is 9.10. The summed E-state index contributed by atoms with van der Waals surface area (Å²) in [5, 5.41) is 2.66. The third kappa shape index (κ3) is 5.13. The maximum Gasteiger partial charge on any atom is 0.416 e. The maximum absolute atomic E-state index is 16.2. The van der Waals surface area contributed by atoms with Crippen molar-refractivity contribution in [2.75, 3.05) is 13.2 Å². The molecule has 36 heavy (non-hydrogen) atoms. The van der Waals surface area contributed by atoms with E-state index in [0.29, 0.717) is 12.8 Å². The number of hydrogen-bond acceptors (Lipinski definition) is 4. The van der Waals surface area contributed by atoms with Crippen LogP contribution in [-0.2, 0) is 25.9 Å². The van der Waals surface area contributed by atoms with E-state index in [1.165, 1.54) is 18.2 Å². The van der Waals surface area contributed by atoms with Crippen LogP contribution < -0.4 is 5.32 Å². The Morgan fingerprint density at radius 3 is 2.67 bits per heavy atom. The number of piperidine rings is 1. The molecule has 2 aliphatic rings. The lowest BCUT2D eigenvalue weighted by Gasteiger charge is -2.42. The minimum Gasteiger partial charge on any atom is -0.466 e. The zero-order valence-corrected chi connectivity index (χ0v) is 21.2. The summed E-state index contributed by atoms with van der Waals surface area (Å²) in [5.41, 5.74) is -0.0350. The van der Waals surface area contributed by atoms with Gasteiger partial charge in [-0.3, -0.25) is 14.9 Å². The Morgan fingerprint density at radius 1 is 1.19 bits per heavy atom. The van der Waals surface area contributed by atoms with Gasteiger partial charge in [-0.1, -0.05) is 52.3 Å². The van der Waals surface area contributed by atoms with Gasteiger partial charge < -0.3 is 4.74 Å². The minimum absolute atomic E-state index is 0.147. The van der Waals surface area contributed by atoms with Crippen LogP contribution >= 0.6 is 15.9 Å². The van der Waals surface area contributed by atoms with Crippen molar-refractivity contribution in [1.82, 2.24) is 5.32 Å². The van der Waals surface area contributed by atoms with Crippen molar-refractivity contribution in [3.8, 4) is 0 Å². The highest BCUT2D eigenvalue weighted by Crippen LogP contribution is 2.56. The highest BCUT2D eigenvalue weighted by Gasteiger charge is 2.54. The molecule has 1 heterocycles. The van der Waals surface area contributed by atoms with Crippen molar-refractivity contribution in [2.24, 2.45) is 0 Å². The summed E-state index contributed by atoms with van der Waals surface area (Å²) < 4.78 is 62.0. The fourth-order valence-electron chi connectivity index (χ4n) is 5.60. The molecule has 4 rings (SSSR count). The number of rotatable bonds is 6. The van der Waals surface area contributed by atoms with Crippen LogP contribution in [0.25, 0.3) is 6.08 Å². The van der Waals surface area contributed by atoms with Gasteiger partial charge in [0.2, 0.25) is 11.6 Å². The van der Waals surface area contributed by atoms with Crippen LogP contribution in [0.1, 0.15) is 60.8 Å². The predicted octanol–water partition coefficient (Wildman–Crippen LogP) is 6.48. The summed E-state index contributed by atoms with van der Waals surface area (Å²) in [4.78, 5) is 25.3. The molecule has 1 aliphatic carbocycles. The quantitative estimate of drug-likeness (QED) is 0.188. The molecule has 3 unspecified atom stereocenters. The summed E-state index contributed by atoms with van der Waals surface area (Å²) in [6.07, 6.45) is -1.75. The molecular formula is C27H26BrF4NO3. The lowest BCUT2D eigenvalue weighted by atomic mass is 9.69.